The molecule has 0 bridgehead atoms. The van der Waals surface area contributed by atoms with Crippen molar-refractivity contribution in [1.29, 1.82) is 0 Å². The Bertz CT molecular complexity index is 1230. The second-order valence-electron chi connectivity index (χ2n) is 8.24. The zero-order chi connectivity index (χ0) is 21.1. The van der Waals surface area contributed by atoms with Crippen LogP contribution in [0.4, 0.5) is 11.4 Å². The van der Waals surface area contributed by atoms with Gasteiger partial charge in [-0.2, -0.15) is 0 Å². The summed E-state index contributed by atoms with van der Waals surface area (Å²) in [6.07, 6.45) is 4.72. The third-order valence-corrected chi connectivity index (χ3v) is 33.7. The maximum absolute atomic E-state index is 6.73. The fourth-order valence-electron chi connectivity index (χ4n) is 4.88. The Morgan fingerprint density at radius 1 is 0.844 bits per heavy atom. The van der Waals surface area contributed by atoms with Crippen LogP contribution in [0.25, 0.3) is 0 Å². The normalized spacial score (nSPS) is 22.0. The van der Waals surface area contributed by atoms with Gasteiger partial charge in [0.1, 0.15) is 0 Å². The van der Waals surface area contributed by atoms with E-state index in [1.54, 1.807) is 14.3 Å². The van der Waals surface area contributed by atoms with Gasteiger partial charge in [-0.3, -0.25) is 0 Å². The van der Waals surface area contributed by atoms with Crippen LogP contribution in [-0.2, 0) is 12.8 Å². The summed E-state index contributed by atoms with van der Waals surface area (Å²) in [5.41, 5.74) is 5.52. The SMILES string of the molecule is c1c2c(c([As]3SCCS3)c3c1Oc1cc4c(c([As]5SCCS5)c1=N3)CCCN=4)CCCN2. The molecule has 4 nitrogen and oxygen atoms in total. The van der Waals surface area contributed by atoms with Gasteiger partial charge < -0.3 is 0 Å². The summed E-state index contributed by atoms with van der Waals surface area (Å²) in [4.78, 5) is 10.5. The fourth-order valence-corrected chi connectivity index (χ4v) is 35.7. The van der Waals surface area contributed by atoms with Crippen molar-refractivity contribution < 1.29 is 4.74 Å². The molecule has 166 valence electrons. The Kier molecular flexibility index (Phi) is 6.02. The number of fused-ring (bicyclic) bond motifs is 4. The van der Waals surface area contributed by atoms with Gasteiger partial charge in [0.05, 0.1) is 0 Å². The van der Waals surface area contributed by atoms with E-state index >= 15 is 0 Å². The molecule has 2 aromatic rings. The maximum atomic E-state index is 6.73. The summed E-state index contributed by atoms with van der Waals surface area (Å²) in [6, 6.07) is 4.44. The number of anilines is 1. The molecule has 0 saturated carbocycles. The predicted molar refractivity (Wildman–Crippen MR) is 146 cm³/mol. The molecule has 5 aliphatic rings. The van der Waals surface area contributed by atoms with Gasteiger partial charge in [0.15, 0.2) is 0 Å². The van der Waals surface area contributed by atoms with Crippen LogP contribution in [0.1, 0.15) is 24.0 Å². The van der Waals surface area contributed by atoms with Crippen molar-refractivity contribution in [3.63, 3.8) is 0 Å². The van der Waals surface area contributed by atoms with Gasteiger partial charge in [0, 0.05) is 0 Å². The molecule has 5 heterocycles. The number of hydrogen-bond donors (Lipinski definition) is 1. The predicted octanol–water partition coefficient (Wildman–Crippen LogP) is 3.02. The molecule has 0 unspecified atom stereocenters. The molecular weight excluding hydrogens is 600 g/mol. The summed E-state index contributed by atoms with van der Waals surface area (Å²) in [5.74, 6) is 7.07. The van der Waals surface area contributed by atoms with Crippen LogP contribution in [0, 0.1) is 0 Å². The quantitative estimate of drug-likeness (QED) is 0.444. The first-order chi connectivity index (χ1) is 15.9. The Labute approximate surface area is 210 Å². The summed E-state index contributed by atoms with van der Waals surface area (Å²) >= 11 is -2.47. The average molecular weight is 624 g/mol. The molecule has 0 radical (unpaired) electrons. The van der Waals surface area contributed by atoms with E-state index in [-0.39, 0.29) is 0 Å². The second-order valence-corrected chi connectivity index (χ2v) is 31.4. The van der Waals surface area contributed by atoms with Gasteiger partial charge in [-0.25, -0.2) is 0 Å². The molecule has 1 N–H and O–H groups in total. The molecule has 0 spiro atoms. The van der Waals surface area contributed by atoms with Gasteiger partial charge in [0.2, 0.25) is 0 Å². The summed E-state index contributed by atoms with van der Waals surface area (Å²) in [6.45, 7) is 2.00. The van der Waals surface area contributed by atoms with Crippen LogP contribution < -0.4 is 29.5 Å². The Hall–Kier alpha value is 0.157. The minimum atomic E-state index is -1.24. The first kappa shape index (κ1) is 21.4. The molecule has 5 aliphatic heterocycles. The van der Waals surface area contributed by atoms with Crippen molar-refractivity contribution in [3.8, 4) is 11.5 Å². The van der Waals surface area contributed by atoms with Crippen LogP contribution in [0.15, 0.2) is 22.1 Å². The van der Waals surface area contributed by atoms with Gasteiger partial charge in [-0.1, -0.05) is 0 Å². The van der Waals surface area contributed by atoms with E-state index in [1.165, 1.54) is 69.9 Å². The number of nitrogens with one attached hydrogen (secondary N) is 1. The Morgan fingerprint density at radius 2 is 1.59 bits per heavy atom. The van der Waals surface area contributed by atoms with E-state index in [1.807, 2.05) is 0 Å². The van der Waals surface area contributed by atoms with Gasteiger partial charge in [0.25, 0.3) is 0 Å². The molecule has 2 aromatic carbocycles. The molecule has 0 aromatic heterocycles. The summed E-state index contributed by atoms with van der Waals surface area (Å²) in [5, 5.41) is 6.02. The second kappa shape index (κ2) is 8.99. The van der Waals surface area contributed by atoms with E-state index < -0.39 is 24.7 Å². The molecule has 0 aliphatic carbocycles. The van der Waals surface area contributed by atoms with E-state index in [2.05, 4.69) is 57.5 Å². The van der Waals surface area contributed by atoms with Crippen LogP contribution in [-0.4, -0.2) is 60.8 Å². The van der Waals surface area contributed by atoms with E-state index in [4.69, 9.17) is 14.7 Å². The zero-order valence-corrected chi connectivity index (χ0v) is 24.6. The van der Waals surface area contributed by atoms with Crippen molar-refractivity contribution in [2.45, 2.75) is 25.7 Å². The van der Waals surface area contributed by atoms with Crippen LogP contribution in [0.3, 0.4) is 0 Å². The number of ether oxygens (including phenoxy) is 1. The standard InChI is InChI=1S/C22H23As2N3OS4/c1-3-13-15(25-5-1)11-17-21(19(13)23-29-7-8-30-23)27-22-18(28-17)12-16-14(4-2-6-26-16)20(22)24-31-9-10-32-24/h11-12,25H,1-10H2. The van der Waals surface area contributed by atoms with Gasteiger partial charge >= 0.3 is 212 Å². The van der Waals surface area contributed by atoms with Gasteiger partial charge in [-0.15, -0.1) is 0 Å². The van der Waals surface area contributed by atoms with Crippen LogP contribution in [0.2, 0.25) is 0 Å². The zero-order valence-electron chi connectivity index (χ0n) is 17.6. The number of nitrogens with zero attached hydrogens (tertiary/aromatic N) is 2. The van der Waals surface area contributed by atoms with Crippen molar-refractivity contribution in [2.75, 3.05) is 41.4 Å². The molecule has 2 fully saturated rings. The summed E-state index contributed by atoms with van der Waals surface area (Å²) in [7, 11) is 8.89. The monoisotopic (exact) mass is 623 g/mol. The first-order valence-corrected chi connectivity index (χ1v) is 26.0. The number of benzene rings is 2. The Balaban J connectivity index is 1.51. The average Bonchev–Trinajstić information content (AvgIpc) is 3.54. The van der Waals surface area contributed by atoms with E-state index in [9.17, 15) is 0 Å². The Morgan fingerprint density at radius 3 is 2.41 bits per heavy atom. The third-order valence-electron chi connectivity index (χ3n) is 6.26. The number of hydrogen-bond acceptors (Lipinski definition) is 8. The molecule has 2 saturated heterocycles. The molecule has 10 heteroatoms. The van der Waals surface area contributed by atoms with Crippen LogP contribution >= 0.6 is 40.1 Å². The van der Waals surface area contributed by atoms with E-state index in [0.29, 0.717) is 0 Å². The molecule has 0 amide bonds. The van der Waals surface area contributed by atoms with Gasteiger partial charge in [-0.05, 0) is 0 Å². The van der Waals surface area contributed by atoms with E-state index in [0.717, 1.165) is 31.0 Å². The van der Waals surface area contributed by atoms with Crippen LogP contribution in [0.5, 0.6) is 11.5 Å². The molecular formula is C22H23As2N3OS4. The topological polar surface area (TPSA) is 46.0 Å². The molecule has 32 heavy (non-hydrogen) atoms. The molecule has 7 rings (SSSR count). The molecule has 0 atom stereocenters. The van der Waals surface area contributed by atoms with Crippen molar-refractivity contribution in [2.24, 2.45) is 9.98 Å². The fraction of sp³-hybridized carbons (Fsp3) is 0.455. The number of rotatable bonds is 2. The van der Waals surface area contributed by atoms with Crippen molar-refractivity contribution >= 4 is 84.9 Å². The van der Waals surface area contributed by atoms with Crippen molar-refractivity contribution in [1.82, 2.24) is 0 Å². The summed E-state index contributed by atoms with van der Waals surface area (Å²) < 4.78 is 9.87. The van der Waals surface area contributed by atoms with Crippen molar-refractivity contribution in [3.05, 3.63) is 34.0 Å². The first-order valence-electron chi connectivity index (χ1n) is 11.2. The minimum absolute atomic E-state index is 0.940. The third kappa shape index (κ3) is 3.62.